The van der Waals surface area contributed by atoms with Crippen LogP contribution in [0.4, 0.5) is 0 Å². The highest BCUT2D eigenvalue weighted by atomic mass is 32.2. The van der Waals surface area contributed by atoms with E-state index in [2.05, 4.69) is 26.1 Å². The highest BCUT2D eigenvalue weighted by Crippen LogP contribution is 2.23. The van der Waals surface area contributed by atoms with E-state index in [1.807, 2.05) is 0 Å². The van der Waals surface area contributed by atoms with Gasteiger partial charge in [0, 0.05) is 31.2 Å². The summed E-state index contributed by atoms with van der Waals surface area (Å²) in [5.74, 6) is 0.773. The van der Waals surface area contributed by atoms with Gasteiger partial charge in [0.25, 0.3) is 5.91 Å². The molecule has 1 saturated heterocycles. The van der Waals surface area contributed by atoms with E-state index >= 15 is 0 Å². The highest BCUT2D eigenvalue weighted by Gasteiger charge is 2.28. The van der Waals surface area contributed by atoms with E-state index in [4.69, 9.17) is 5.73 Å². The molecule has 1 aliphatic heterocycles. The van der Waals surface area contributed by atoms with Crippen LogP contribution in [0.1, 0.15) is 50.4 Å². The molecule has 0 aliphatic carbocycles. The van der Waals surface area contributed by atoms with Crippen molar-refractivity contribution in [1.82, 2.24) is 9.62 Å². The number of hydrogen-bond donors (Lipinski definition) is 2. The fourth-order valence-electron chi connectivity index (χ4n) is 3.20. The van der Waals surface area contributed by atoms with Crippen LogP contribution in [0, 0.1) is 11.8 Å². The summed E-state index contributed by atoms with van der Waals surface area (Å²) in [5, 5.41) is 2.92. The van der Waals surface area contributed by atoms with Crippen LogP contribution in [0.2, 0.25) is 0 Å². The third kappa shape index (κ3) is 5.28. The number of hydrogen-bond acceptors (Lipinski definition) is 4. The molecule has 0 radical (unpaired) electrons. The van der Waals surface area contributed by atoms with Crippen molar-refractivity contribution >= 4 is 15.9 Å². The summed E-state index contributed by atoms with van der Waals surface area (Å²) >= 11 is 0. The third-order valence-electron chi connectivity index (χ3n) is 4.87. The molecular formula is C19H31N3O3S. The molecule has 6 nitrogen and oxygen atoms in total. The minimum atomic E-state index is -3.49. The zero-order chi connectivity index (χ0) is 19.3. The number of amides is 1. The third-order valence-corrected chi connectivity index (χ3v) is 6.79. The van der Waals surface area contributed by atoms with Gasteiger partial charge < -0.3 is 11.1 Å². The number of benzene rings is 1. The molecule has 1 amide bonds. The average molecular weight is 382 g/mol. The van der Waals surface area contributed by atoms with Crippen LogP contribution < -0.4 is 11.1 Å². The number of carbonyl (C=O) groups is 1. The van der Waals surface area contributed by atoms with Crippen molar-refractivity contribution in [2.24, 2.45) is 17.6 Å². The summed E-state index contributed by atoms with van der Waals surface area (Å²) in [6, 6.07) is 6.08. The van der Waals surface area contributed by atoms with Crippen LogP contribution in [-0.4, -0.2) is 44.3 Å². The van der Waals surface area contributed by atoms with Crippen molar-refractivity contribution in [3.05, 3.63) is 29.8 Å². The normalized spacial score (nSPS) is 18.0. The van der Waals surface area contributed by atoms with Crippen molar-refractivity contribution in [1.29, 1.82) is 0 Å². The highest BCUT2D eigenvalue weighted by molar-refractivity contribution is 7.89. The molecule has 3 N–H and O–H groups in total. The van der Waals surface area contributed by atoms with Crippen LogP contribution >= 0.6 is 0 Å². The topological polar surface area (TPSA) is 92.5 Å². The van der Waals surface area contributed by atoms with Crippen molar-refractivity contribution in [3.8, 4) is 0 Å². The Morgan fingerprint density at radius 2 is 1.81 bits per heavy atom. The van der Waals surface area contributed by atoms with Gasteiger partial charge in [-0.2, -0.15) is 4.31 Å². The Bertz CT molecular complexity index is 693. The molecule has 0 aromatic heterocycles. The Labute approximate surface area is 157 Å². The molecule has 1 aliphatic rings. The van der Waals surface area contributed by atoms with Gasteiger partial charge in [0.15, 0.2) is 0 Å². The second kappa shape index (κ2) is 8.97. The molecule has 146 valence electrons. The molecule has 0 saturated carbocycles. The molecule has 2 rings (SSSR count). The molecule has 1 atom stereocenters. The lowest BCUT2D eigenvalue weighted by molar-refractivity contribution is 0.0933. The second-order valence-electron chi connectivity index (χ2n) is 7.65. The smallest absolute Gasteiger partial charge is 0.251 e. The Balaban J connectivity index is 2.06. The molecule has 1 unspecified atom stereocenters. The molecule has 1 aromatic carbocycles. The molecule has 1 aromatic rings. The zero-order valence-electron chi connectivity index (χ0n) is 15.9. The fraction of sp³-hybridized carbons (Fsp3) is 0.632. The predicted molar refractivity (Wildman–Crippen MR) is 103 cm³/mol. The Morgan fingerprint density at radius 3 is 2.31 bits per heavy atom. The van der Waals surface area contributed by atoms with Crippen LogP contribution in [0.15, 0.2) is 29.2 Å². The Hall–Kier alpha value is -1.44. The van der Waals surface area contributed by atoms with E-state index in [1.54, 1.807) is 12.1 Å². The van der Waals surface area contributed by atoms with Gasteiger partial charge in [0.2, 0.25) is 10.0 Å². The second-order valence-corrected chi connectivity index (χ2v) is 9.58. The van der Waals surface area contributed by atoms with Gasteiger partial charge in [0.05, 0.1) is 4.90 Å². The maximum atomic E-state index is 12.7. The number of piperidine rings is 1. The first-order valence-electron chi connectivity index (χ1n) is 9.35. The number of nitrogens with zero attached hydrogens (tertiary/aromatic N) is 1. The van der Waals surface area contributed by atoms with E-state index in [0.717, 1.165) is 19.3 Å². The maximum absolute atomic E-state index is 12.7. The van der Waals surface area contributed by atoms with Gasteiger partial charge in [-0.25, -0.2) is 8.42 Å². The minimum Gasteiger partial charge on any atom is -0.348 e. The summed E-state index contributed by atoms with van der Waals surface area (Å²) in [6.07, 6.45) is 2.58. The lowest BCUT2D eigenvalue weighted by Gasteiger charge is -2.29. The Morgan fingerprint density at radius 1 is 1.23 bits per heavy atom. The predicted octanol–water partition coefficient (Wildman–Crippen LogP) is 2.21. The quantitative estimate of drug-likeness (QED) is 0.757. The summed E-state index contributed by atoms with van der Waals surface area (Å²) in [6.45, 7) is 7.79. The first kappa shape index (κ1) is 20.9. The molecule has 1 heterocycles. The van der Waals surface area contributed by atoms with Gasteiger partial charge in [0.1, 0.15) is 0 Å². The monoisotopic (exact) mass is 381 g/mol. The molecule has 7 heteroatoms. The standard InChI is InChI=1S/C19H31N3O3S/c1-14(2)12-17(13-20)21-19(23)16-4-6-18(7-5-16)26(24,25)22-10-8-15(3)9-11-22/h4-7,14-15,17H,8-13,20H2,1-3H3,(H,21,23). The SMILES string of the molecule is CC(C)CC(CN)NC(=O)c1ccc(S(=O)(=O)N2CCC(C)CC2)cc1. The van der Waals surface area contributed by atoms with Gasteiger partial charge >= 0.3 is 0 Å². The molecule has 0 bridgehead atoms. The Kier molecular flexibility index (Phi) is 7.20. The van der Waals surface area contributed by atoms with E-state index in [0.29, 0.717) is 37.0 Å². The summed E-state index contributed by atoms with van der Waals surface area (Å²) in [5.41, 5.74) is 6.16. The number of carbonyl (C=O) groups excluding carboxylic acids is 1. The van der Waals surface area contributed by atoms with E-state index in [9.17, 15) is 13.2 Å². The van der Waals surface area contributed by atoms with Gasteiger partial charge in [-0.1, -0.05) is 20.8 Å². The van der Waals surface area contributed by atoms with Crippen molar-refractivity contribution < 1.29 is 13.2 Å². The van der Waals surface area contributed by atoms with E-state index < -0.39 is 10.0 Å². The molecule has 0 spiro atoms. The lowest BCUT2D eigenvalue weighted by Crippen LogP contribution is -2.41. The number of nitrogens with one attached hydrogen (secondary N) is 1. The van der Waals surface area contributed by atoms with Gasteiger partial charge in [-0.05, 0) is 55.4 Å². The average Bonchev–Trinajstić information content (AvgIpc) is 2.61. The first-order chi connectivity index (χ1) is 12.2. The summed E-state index contributed by atoms with van der Waals surface area (Å²) < 4.78 is 27.0. The van der Waals surface area contributed by atoms with Crippen LogP contribution in [0.25, 0.3) is 0 Å². The number of sulfonamides is 1. The maximum Gasteiger partial charge on any atom is 0.251 e. The lowest BCUT2D eigenvalue weighted by atomic mass is 10.0. The first-order valence-corrected chi connectivity index (χ1v) is 10.8. The van der Waals surface area contributed by atoms with Gasteiger partial charge in [-0.3, -0.25) is 4.79 Å². The van der Waals surface area contributed by atoms with Crippen molar-refractivity contribution in [2.75, 3.05) is 19.6 Å². The van der Waals surface area contributed by atoms with E-state index in [1.165, 1.54) is 16.4 Å². The van der Waals surface area contributed by atoms with Crippen LogP contribution in [0.5, 0.6) is 0 Å². The number of nitrogens with two attached hydrogens (primary N) is 1. The minimum absolute atomic E-state index is 0.0822. The van der Waals surface area contributed by atoms with Crippen LogP contribution in [0.3, 0.4) is 0 Å². The number of rotatable bonds is 7. The van der Waals surface area contributed by atoms with Gasteiger partial charge in [-0.15, -0.1) is 0 Å². The molecule has 1 fully saturated rings. The fourth-order valence-corrected chi connectivity index (χ4v) is 4.67. The molecular weight excluding hydrogens is 350 g/mol. The largest absolute Gasteiger partial charge is 0.348 e. The van der Waals surface area contributed by atoms with Crippen molar-refractivity contribution in [2.45, 2.75) is 51.0 Å². The summed E-state index contributed by atoms with van der Waals surface area (Å²) in [4.78, 5) is 12.6. The molecule has 26 heavy (non-hydrogen) atoms. The van der Waals surface area contributed by atoms with Crippen LogP contribution in [-0.2, 0) is 10.0 Å². The summed E-state index contributed by atoms with van der Waals surface area (Å²) in [7, 11) is -3.49. The van der Waals surface area contributed by atoms with E-state index in [-0.39, 0.29) is 16.8 Å². The van der Waals surface area contributed by atoms with Crippen molar-refractivity contribution in [3.63, 3.8) is 0 Å². The zero-order valence-corrected chi connectivity index (χ0v) is 16.8.